The third-order valence-corrected chi connectivity index (χ3v) is 2.21. The number of aromatic nitrogens is 1. The number of benzene rings is 1. The second-order valence-electron chi connectivity index (χ2n) is 3.36. The van der Waals surface area contributed by atoms with E-state index < -0.39 is 0 Å². The van der Waals surface area contributed by atoms with E-state index in [9.17, 15) is 0 Å². The lowest BCUT2D eigenvalue weighted by Crippen LogP contribution is -1.98. The van der Waals surface area contributed by atoms with Gasteiger partial charge in [-0.25, -0.2) is 0 Å². The topological polar surface area (TPSA) is 24.9 Å². The van der Waals surface area contributed by atoms with Gasteiger partial charge in [0.1, 0.15) is 0 Å². The molecule has 14 heavy (non-hydrogen) atoms. The van der Waals surface area contributed by atoms with Crippen LogP contribution in [0, 0.1) is 6.92 Å². The molecule has 0 aliphatic carbocycles. The summed E-state index contributed by atoms with van der Waals surface area (Å²) in [6.07, 6.45) is 0. The molecule has 2 aromatic rings. The van der Waals surface area contributed by atoms with Crippen molar-refractivity contribution in [2.75, 3.05) is 11.9 Å². The minimum absolute atomic E-state index is 0.938. The molecule has 0 fully saturated rings. The van der Waals surface area contributed by atoms with E-state index in [0.29, 0.717) is 0 Å². The van der Waals surface area contributed by atoms with Crippen LogP contribution in [0.5, 0.6) is 0 Å². The highest BCUT2D eigenvalue weighted by Gasteiger charge is 2.01. The predicted octanol–water partition coefficient (Wildman–Crippen LogP) is 2.98. The fraction of sp³-hybridized carbons (Fsp3) is 0.250. The van der Waals surface area contributed by atoms with E-state index in [1.165, 1.54) is 11.1 Å². The van der Waals surface area contributed by atoms with Crippen molar-refractivity contribution in [3.05, 3.63) is 36.0 Å². The van der Waals surface area contributed by atoms with Crippen molar-refractivity contribution < 1.29 is 0 Å². The van der Waals surface area contributed by atoms with E-state index in [2.05, 4.69) is 29.4 Å². The number of para-hydroxylation sites is 1. The number of pyridine rings is 1. The minimum atomic E-state index is 0.938. The molecule has 72 valence electrons. The van der Waals surface area contributed by atoms with Gasteiger partial charge in [-0.1, -0.05) is 18.2 Å². The molecule has 0 saturated carbocycles. The number of fused-ring (bicyclic) bond motifs is 1. The largest absolute Gasteiger partial charge is 0.385 e. The third-order valence-electron chi connectivity index (χ3n) is 2.21. The molecule has 1 aromatic carbocycles. The molecule has 1 heterocycles. The Morgan fingerprint density at radius 2 is 2.07 bits per heavy atom. The number of nitrogens with one attached hydrogen (secondary N) is 1. The van der Waals surface area contributed by atoms with Gasteiger partial charge in [0.25, 0.3) is 0 Å². The third kappa shape index (κ3) is 1.55. The lowest BCUT2D eigenvalue weighted by Gasteiger charge is -2.08. The van der Waals surface area contributed by atoms with Crippen molar-refractivity contribution in [2.24, 2.45) is 0 Å². The van der Waals surface area contributed by atoms with Gasteiger partial charge >= 0.3 is 0 Å². The molecule has 2 nitrogen and oxygen atoms in total. The van der Waals surface area contributed by atoms with Gasteiger partial charge in [-0.15, -0.1) is 0 Å². The molecule has 1 N–H and O–H groups in total. The minimum Gasteiger partial charge on any atom is -0.385 e. The second-order valence-corrected chi connectivity index (χ2v) is 3.36. The van der Waals surface area contributed by atoms with E-state index in [0.717, 1.165) is 17.8 Å². The molecular weight excluding hydrogens is 172 g/mol. The van der Waals surface area contributed by atoms with Crippen LogP contribution in [-0.2, 0) is 0 Å². The normalized spacial score (nSPS) is 10.4. The Balaban J connectivity index is 2.67. The van der Waals surface area contributed by atoms with Crippen molar-refractivity contribution in [3.63, 3.8) is 0 Å². The van der Waals surface area contributed by atoms with E-state index in [4.69, 9.17) is 0 Å². The summed E-state index contributed by atoms with van der Waals surface area (Å²) < 4.78 is 0. The van der Waals surface area contributed by atoms with Crippen LogP contribution in [-0.4, -0.2) is 11.5 Å². The Bertz CT molecular complexity index is 449. The summed E-state index contributed by atoms with van der Waals surface area (Å²) in [5, 5.41) is 4.55. The first-order valence-electron chi connectivity index (χ1n) is 4.91. The summed E-state index contributed by atoms with van der Waals surface area (Å²) in [5.41, 5.74) is 3.29. The molecule has 2 heteroatoms. The zero-order chi connectivity index (χ0) is 9.97. The van der Waals surface area contributed by atoms with Gasteiger partial charge in [0, 0.05) is 23.3 Å². The van der Waals surface area contributed by atoms with Crippen molar-refractivity contribution in [1.82, 2.24) is 4.98 Å². The van der Waals surface area contributed by atoms with Gasteiger partial charge in [-0.2, -0.15) is 0 Å². The highest BCUT2D eigenvalue weighted by molar-refractivity contribution is 5.91. The molecule has 0 atom stereocenters. The molecule has 0 aliphatic heterocycles. The molecule has 0 spiro atoms. The standard InChI is InChI=1S/C12H14N2/c1-3-13-12-8-9(2)14-11-7-5-4-6-10(11)12/h4-8H,3H2,1-2H3,(H,13,14). The zero-order valence-electron chi connectivity index (χ0n) is 8.54. The number of hydrogen-bond donors (Lipinski definition) is 1. The van der Waals surface area contributed by atoms with E-state index in [1.54, 1.807) is 0 Å². The number of rotatable bonds is 2. The molecule has 0 radical (unpaired) electrons. The number of nitrogens with zero attached hydrogens (tertiary/aromatic N) is 1. The fourth-order valence-electron chi connectivity index (χ4n) is 1.64. The quantitative estimate of drug-likeness (QED) is 0.780. The average molecular weight is 186 g/mol. The Labute approximate surface area is 84.0 Å². The van der Waals surface area contributed by atoms with Crippen LogP contribution in [0.1, 0.15) is 12.6 Å². The molecule has 0 amide bonds. The Hall–Kier alpha value is -1.57. The SMILES string of the molecule is CCNc1cc(C)nc2ccccc12. The maximum absolute atomic E-state index is 4.48. The molecule has 0 unspecified atom stereocenters. The van der Waals surface area contributed by atoms with Gasteiger partial charge in [-0.05, 0) is 26.0 Å². The van der Waals surface area contributed by atoms with Gasteiger partial charge in [0.15, 0.2) is 0 Å². The Morgan fingerprint density at radius 1 is 1.29 bits per heavy atom. The number of aryl methyl sites for hydroxylation is 1. The highest BCUT2D eigenvalue weighted by atomic mass is 14.9. The molecule has 0 saturated heterocycles. The maximum Gasteiger partial charge on any atom is 0.0725 e. The molecule has 2 rings (SSSR count). The van der Waals surface area contributed by atoms with Crippen LogP contribution in [0.25, 0.3) is 10.9 Å². The molecule has 0 bridgehead atoms. The maximum atomic E-state index is 4.48. The number of anilines is 1. The summed E-state index contributed by atoms with van der Waals surface area (Å²) in [6, 6.07) is 10.3. The average Bonchev–Trinajstić information content (AvgIpc) is 2.18. The Morgan fingerprint density at radius 3 is 2.86 bits per heavy atom. The Kier molecular flexibility index (Phi) is 2.35. The zero-order valence-corrected chi connectivity index (χ0v) is 8.54. The smallest absolute Gasteiger partial charge is 0.0725 e. The summed E-state index contributed by atoms with van der Waals surface area (Å²) >= 11 is 0. The summed E-state index contributed by atoms with van der Waals surface area (Å²) in [6.45, 7) is 5.06. The van der Waals surface area contributed by atoms with Crippen LogP contribution >= 0.6 is 0 Å². The van der Waals surface area contributed by atoms with Crippen LogP contribution in [0.15, 0.2) is 30.3 Å². The summed E-state index contributed by atoms with van der Waals surface area (Å²) in [5.74, 6) is 0. The van der Waals surface area contributed by atoms with Gasteiger partial charge in [0.05, 0.1) is 5.52 Å². The number of hydrogen-bond acceptors (Lipinski definition) is 2. The first-order valence-corrected chi connectivity index (χ1v) is 4.91. The summed E-state index contributed by atoms with van der Waals surface area (Å²) in [7, 11) is 0. The van der Waals surface area contributed by atoms with Crippen molar-refractivity contribution in [3.8, 4) is 0 Å². The molecule has 0 aliphatic rings. The van der Waals surface area contributed by atoms with E-state index in [1.807, 2.05) is 25.1 Å². The van der Waals surface area contributed by atoms with Gasteiger partial charge in [-0.3, -0.25) is 4.98 Å². The van der Waals surface area contributed by atoms with Crippen LogP contribution < -0.4 is 5.32 Å². The van der Waals surface area contributed by atoms with Crippen LogP contribution in [0.3, 0.4) is 0 Å². The fourth-order valence-corrected chi connectivity index (χ4v) is 1.64. The highest BCUT2D eigenvalue weighted by Crippen LogP contribution is 2.22. The molecule has 1 aromatic heterocycles. The van der Waals surface area contributed by atoms with Crippen LogP contribution in [0.4, 0.5) is 5.69 Å². The lowest BCUT2D eigenvalue weighted by atomic mass is 10.1. The summed E-state index contributed by atoms with van der Waals surface area (Å²) in [4.78, 5) is 4.48. The first-order chi connectivity index (χ1) is 6.81. The molecular formula is C12H14N2. The second kappa shape index (κ2) is 3.66. The van der Waals surface area contributed by atoms with Crippen molar-refractivity contribution >= 4 is 16.6 Å². The van der Waals surface area contributed by atoms with E-state index in [-0.39, 0.29) is 0 Å². The lowest BCUT2D eigenvalue weighted by molar-refractivity contribution is 1.19. The van der Waals surface area contributed by atoms with Crippen molar-refractivity contribution in [2.45, 2.75) is 13.8 Å². The van der Waals surface area contributed by atoms with Gasteiger partial charge in [0.2, 0.25) is 0 Å². The van der Waals surface area contributed by atoms with E-state index >= 15 is 0 Å². The first kappa shape index (κ1) is 9.00. The van der Waals surface area contributed by atoms with Gasteiger partial charge < -0.3 is 5.32 Å². The predicted molar refractivity (Wildman–Crippen MR) is 60.6 cm³/mol. The monoisotopic (exact) mass is 186 g/mol. The van der Waals surface area contributed by atoms with Crippen molar-refractivity contribution in [1.29, 1.82) is 0 Å². The van der Waals surface area contributed by atoms with Crippen LogP contribution in [0.2, 0.25) is 0 Å².